The Kier molecular flexibility index (Phi) is 6.27. The highest BCUT2D eigenvalue weighted by molar-refractivity contribution is 6.35. The van der Waals surface area contributed by atoms with Gasteiger partial charge >= 0.3 is 6.18 Å². The molecule has 2 aliphatic rings. The predicted molar refractivity (Wildman–Crippen MR) is 96.8 cm³/mol. The lowest BCUT2D eigenvalue weighted by Crippen LogP contribution is -2.42. The molecule has 1 aromatic carbocycles. The first-order valence-corrected chi connectivity index (χ1v) is 9.15. The Morgan fingerprint density at radius 3 is 2.48 bits per heavy atom. The summed E-state index contributed by atoms with van der Waals surface area (Å²) in [4.78, 5) is 21.3. The van der Waals surface area contributed by atoms with Crippen LogP contribution in [0.1, 0.15) is 18.9 Å². The van der Waals surface area contributed by atoms with Gasteiger partial charge in [-0.25, -0.2) is 4.39 Å². The van der Waals surface area contributed by atoms with Crippen molar-refractivity contribution in [2.75, 3.05) is 6.54 Å². The van der Waals surface area contributed by atoms with E-state index in [1.165, 1.54) is 6.26 Å². The summed E-state index contributed by atoms with van der Waals surface area (Å²) in [5, 5.41) is 1.76. The third kappa shape index (κ3) is 4.45. The van der Waals surface area contributed by atoms with Crippen LogP contribution in [0.25, 0.3) is 5.57 Å². The van der Waals surface area contributed by atoms with E-state index in [9.17, 15) is 22.4 Å². The number of carbonyl (C=O) groups is 1. The minimum atomic E-state index is -4.84. The SMILES string of the molecule is CCC(=O)NCC1NOC=C1C1NOC(C(F)(F)F)=C1c1cc(Cl)c(F)c(Cl)c1. The molecule has 0 bridgehead atoms. The Bertz CT molecular complexity index is 866. The van der Waals surface area contributed by atoms with Crippen LogP contribution in [-0.4, -0.2) is 30.7 Å². The van der Waals surface area contributed by atoms with E-state index in [1.807, 2.05) is 0 Å². The summed E-state index contributed by atoms with van der Waals surface area (Å²) in [5.41, 5.74) is 4.82. The number of carbonyl (C=O) groups excluding carboxylic acids is 1. The first kappa shape index (κ1) is 21.7. The third-order valence-corrected chi connectivity index (χ3v) is 4.88. The van der Waals surface area contributed by atoms with Gasteiger partial charge in [0.1, 0.15) is 6.26 Å². The van der Waals surface area contributed by atoms with E-state index < -0.39 is 39.9 Å². The van der Waals surface area contributed by atoms with Crippen LogP contribution < -0.4 is 16.3 Å². The maximum absolute atomic E-state index is 13.8. The van der Waals surface area contributed by atoms with Crippen LogP contribution in [-0.2, 0) is 14.5 Å². The summed E-state index contributed by atoms with van der Waals surface area (Å²) in [7, 11) is 0. The monoisotopic (exact) mass is 455 g/mol. The number of alkyl halides is 3. The molecular weight excluding hydrogens is 441 g/mol. The van der Waals surface area contributed by atoms with Gasteiger partial charge in [0.2, 0.25) is 11.7 Å². The van der Waals surface area contributed by atoms with Crippen molar-refractivity contribution in [2.24, 2.45) is 0 Å². The first-order chi connectivity index (χ1) is 13.6. The largest absolute Gasteiger partial charge is 0.451 e. The summed E-state index contributed by atoms with van der Waals surface area (Å²) < 4.78 is 54.4. The second kappa shape index (κ2) is 8.39. The fourth-order valence-corrected chi connectivity index (χ4v) is 3.41. The minimum Gasteiger partial charge on any atom is -0.416 e. The normalized spacial score (nSPS) is 21.7. The molecule has 0 saturated heterocycles. The summed E-state index contributed by atoms with van der Waals surface area (Å²) in [6, 6.07) is 0.304. The van der Waals surface area contributed by atoms with Crippen molar-refractivity contribution in [3.8, 4) is 0 Å². The molecule has 2 atom stereocenters. The highest BCUT2D eigenvalue weighted by atomic mass is 35.5. The Balaban J connectivity index is 2.00. The van der Waals surface area contributed by atoms with E-state index in [1.54, 1.807) is 6.92 Å². The highest BCUT2D eigenvalue weighted by Gasteiger charge is 2.48. The average molecular weight is 456 g/mol. The Labute approximate surface area is 172 Å². The molecule has 12 heteroatoms. The smallest absolute Gasteiger partial charge is 0.416 e. The molecule has 158 valence electrons. The average Bonchev–Trinajstić information content (AvgIpc) is 3.29. The van der Waals surface area contributed by atoms with Crippen LogP contribution in [0.4, 0.5) is 17.6 Å². The van der Waals surface area contributed by atoms with Crippen LogP contribution in [0.3, 0.4) is 0 Å². The number of allylic oxidation sites excluding steroid dienone is 1. The molecule has 3 N–H and O–H groups in total. The second-order valence-corrected chi connectivity index (χ2v) is 7.03. The molecule has 0 spiro atoms. The maximum Gasteiger partial charge on any atom is 0.451 e. The zero-order valence-corrected chi connectivity index (χ0v) is 16.3. The zero-order chi connectivity index (χ0) is 21.3. The number of hydroxylamine groups is 2. The van der Waals surface area contributed by atoms with Crippen LogP contribution >= 0.6 is 23.2 Å². The quantitative estimate of drug-likeness (QED) is 0.467. The molecule has 0 aliphatic carbocycles. The molecule has 0 saturated carbocycles. The van der Waals surface area contributed by atoms with Gasteiger partial charge in [-0.15, -0.1) is 11.0 Å². The van der Waals surface area contributed by atoms with Crippen LogP contribution in [0.5, 0.6) is 0 Å². The zero-order valence-electron chi connectivity index (χ0n) is 14.8. The van der Waals surface area contributed by atoms with Gasteiger partial charge in [0.05, 0.1) is 22.1 Å². The third-order valence-electron chi connectivity index (χ3n) is 4.33. The van der Waals surface area contributed by atoms with E-state index >= 15 is 0 Å². The molecule has 6 nitrogen and oxygen atoms in total. The number of amides is 1. The Hall–Kier alpha value is -2.01. The molecule has 2 aliphatic heterocycles. The fraction of sp³-hybridized carbons (Fsp3) is 0.353. The summed E-state index contributed by atoms with van der Waals surface area (Å²) >= 11 is 11.5. The van der Waals surface area contributed by atoms with Crippen molar-refractivity contribution in [1.82, 2.24) is 16.3 Å². The first-order valence-electron chi connectivity index (χ1n) is 8.40. The molecule has 0 radical (unpaired) electrons. The van der Waals surface area contributed by atoms with Gasteiger partial charge in [0.15, 0.2) is 5.82 Å². The van der Waals surface area contributed by atoms with Crippen molar-refractivity contribution in [3.05, 3.63) is 51.2 Å². The Morgan fingerprint density at radius 1 is 1.24 bits per heavy atom. The second-order valence-electron chi connectivity index (χ2n) is 6.21. The Morgan fingerprint density at radius 2 is 1.90 bits per heavy atom. The number of hydrogen-bond donors (Lipinski definition) is 3. The summed E-state index contributed by atoms with van der Waals surface area (Å²) in [6.45, 7) is 1.73. The lowest BCUT2D eigenvalue weighted by molar-refractivity contribution is -0.136. The van der Waals surface area contributed by atoms with Crippen LogP contribution in [0.2, 0.25) is 10.0 Å². The van der Waals surface area contributed by atoms with E-state index in [2.05, 4.69) is 16.3 Å². The molecule has 2 unspecified atom stereocenters. The standard InChI is InChI=1S/C17H15Cl2F4N3O3/c1-2-12(27)24-5-11-8(6-28-25-11)15-13(16(29-26-15)17(21,22)23)7-3-9(18)14(20)10(19)4-7/h3-4,6,11,15,25-26H,2,5H2,1H3,(H,24,27). The van der Waals surface area contributed by atoms with Gasteiger partial charge < -0.3 is 15.0 Å². The van der Waals surface area contributed by atoms with Gasteiger partial charge in [-0.05, 0) is 17.7 Å². The van der Waals surface area contributed by atoms with Crippen molar-refractivity contribution in [2.45, 2.75) is 31.6 Å². The van der Waals surface area contributed by atoms with Crippen molar-refractivity contribution < 1.29 is 32.0 Å². The molecule has 2 heterocycles. The van der Waals surface area contributed by atoms with E-state index in [4.69, 9.17) is 32.9 Å². The van der Waals surface area contributed by atoms with E-state index in [0.717, 1.165) is 12.1 Å². The molecule has 0 fully saturated rings. The maximum atomic E-state index is 13.8. The van der Waals surface area contributed by atoms with Crippen molar-refractivity contribution in [1.29, 1.82) is 0 Å². The molecular formula is C17H15Cl2F4N3O3. The number of benzene rings is 1. The van der Waals surface area contributed by atoms with E-state index in [0.29, 0.717) is 5.57 Å². The van der Waals surface area contributed by atoms with Crippen LogP contribution in [0.15, 0.2) is 29.7 Å². The van der Waals surface area contributed by atoms with Crippen molar-refractivity contribution in [3.63, 3.8) is 0 Å². The lowest BCUT2D eigenvalue weighted by Gasteiger charge is -2.20. The number of nitrogens with one attached hydrogen (secondary N) is 3. The molecule has 0 aromatic heterocycles. The highest BCUT2D eigenvalue weighted by Crippen LogP contribution is 2.42. The summed E-state index contributed by atoms with van der Waals surface area (Å²) in [5.74, 6) is -2.50. The molecule has 1 aromatic rings. The van der Waals surface area contributed by atoms with Gasteiger partial charge in [-0.3, -0.25) is 4.79 Å². The molecule has 29 heavy (non-hydrogen) atoms. The van der Waals surface area contributed by atoms with Gasteiger partial charge in [0.25, 0.3) is 0 Å². The number of halogens is 6. The van der Waals surface area contributed by atoms with Gasteiger partial charge in [-0.1, -0.05) is 30.1 Å². The molecule has 3 rings (SSSR count). The topological polar surface area (TPSA) is 71.6 Å². The predicted octanol–water partition coefficient (Wildman–Crippen LogP) is 3.62. The van der Waals surface area contributed by atoms with E-state index in [-0.39, 0.29) is 30.0 Å². The minimum absolute atomic E-state index is 0.0657. The number of hydrogen-bond acceptors (Lipinski definition) is 5. The molecule has 1 amide bonds. The van der Waals surface area contributed by atoms with Gasteiger partial charge in [0, 0.05) is 24.1 Å². The summed E-state index contributed by atoms with van der Waals surface area (Å²) in [6.07, 6.45) is -3.38. The number of rotatable bonds is 5. The fourth-order valence-electron chi connectivity index (χ4n) is 2.92. The van der Waals surface area contributed by atoms with Crippen molar-refractivity contribution >= 4 is 34.7 Å². The lowest BCUT2D eigenvalue weighted by atomic mass is 9.90. The van der Waals surface area contributed by atoms with Gasteiger partial charge in [-0.2, -0.15) is 13.2 Å². The van der Waals surface area contributed by atoms with Crippen LogP contribution in [0, 0.1) is 5.82 Å².